The standard InChI is InChI=1S/C25H34N2O10/c1-13(2)36-21(28)18-15(5)26-20(22(33-6)34-7)25(23(29)35-8,24(30)37-14(3)4)19(18)16-11-9-10-12-17(16)27(31)32/h9-14,19-20,22,26H,1-8H3. The first kappa shape index (κ1) is 29.7. The molecule has 0 bridgehead atoms. The van der Waals surface area contributed by atoms with Crippen molar-refractivity contribution < 1.29 is 43.0 Å². The van der Waals surface area contributed by atoms with E-state index in [4.69, 9.17) is 23.7 Å². The van der Waals surface area contributed by atoms with Gasteiger partial charge >= 0.3 is 17.9 Å². The van der Waals surface area contributed by atoms with Crippen LogP contribution in [-0.2, 0) is 38.1 Å². The van der Waals surface area contributed by atoms with Crippen molar-refractivity contribution in [2.75, 3.05) is 21.3 Å². The number of carbonyl (C=O) groups excluding carboxylic acids is 3. The zero-order valence-corrected chi connectivity index (χ0v) is 22.2. The molecule has 12 nitrogen and oxygen atoms in total. The summed E-state index contributed by atoms with van der Waals surface area (Å²) in [6.45, 7) is 7.93. The number of rotatable bonds is 10. The molecule has 1 aliphatic rings. The molecule has 0 spiro atoms. The van der Waals surface area contributed by atoms with Crippen LogP contribution in [0.15, 0.2) is 35.5 Å². The maximum Gasteiger partial charge on any atom is 0.336 e. The number of esters is 3. The second-order valence-corrected chi connectivity index (χ2v) is 9.02. The third-order valence-corrected chi connectivity index (χ3v) is 5.96. The van der Waals surface area contributed by atoms with Gasteiger partial charge in [0.15, 0.2) is 6.29 Å². The normalized spacial score (nSPS) is 21.6. The fourth-order valence-corrected chi connectivity index (χ4v) is 4.60. The zero-order chi connectivity index (χ0) is 28.1. The van der Waals surface area contributed by atoms with E-state index in [0.29, 0.717) is 0 Å². The first-order valence-corrected chi connectivity index (χ1v) is 11.6. The highest BCUT2D eigenvalue weighted by molar-refractivity contribution is 6.06. The van der Waals surface area contributed by atoms with Gasteiger partial charge in [0, 0.05) is 31.5 Å². The number of benzene rings is 1. The van der Waals surface area contributed by atoms with Crippen molar-refractivity contribution in [3.05, 3.63) is 51.2 Å². The molecule has 204 valence electrons. The molecule has 0 saturated heterocycles. The Hall–Kier alpha value is -3.51. The van der Waals surface area contributed by atoms with E-state index in [9.17, 15) is 24.5 Å². The van der Waals surface area contributed by atoms with E-state index in [2.05, 4.69) is 5.32 Å². The van der Waals surface area contributed by atoms with Crippen molar-refractivity contribution in [1.29, 1.82) is 0 Å². The number of hydrogen-bond donors (Lipinski definition) is 1. The number of nitro benzene ring substituents is 1. The van der Waals surface area contributed by atoms with Crippen LogP contribution < -0.4 is 5.32 Å². The molecule has 1 aliphatic heterocycles. The van der Waals surface area contributed by atoms with Gasteiger partial charge in [-0.25, -0.2) is 4.79 Å². The van der Waals surface area contributed by atoms with Crippen LogP contribution in [0.5, 0.6) is 0 Å². The Morgan fingerprint density at radius 3 is 2.03 bits per heavy atom. The van der Waals surface area contributed by atoms with Crippen molar-refractivity contribution in [3.8, 4) is 0 Å². The monoisotopic (exact) mass is 522 g/mol. The van der Waals surface area contributed by atoms with Crippen LogP contribution in [-0.4, -0.2) is 68.7 Å². The van der Waals surface area contributed by atoms with Crippen LogP contribution in [0.3, 0.4) is 0 Å². The molecule has 37 heavy (non-hydrogen) atoms. The third-order valence-electron chi connectivity index (χ3n) is 5.96. The van der Waals surface area contributed by atoms with Crippen LogP contribution in [0.1, 0.15) is 46.1 Å². The summed E-state index contributed by atoms with van der Waals surface area (Å²) < 4.78 is 27.0. The summed E-state index contributed by atoms with van der Waals surface area (Å²) >= 11 is 0. The number of ether oxygens (including phenoxy) is 5. The maximum absolute atomic E-state index is 14.0. The van der Waals surface area contributed by atoms with Crippen molar-refractivity contribution in [3.63, 3.8) is 0 Å². The molecular weight excluding hydrogens is 488 g/mol. The summed E-state index contributed by atoms with van der Waals surface area (Å²) in [4.78, 5) is 52.8. The van der Waals surface area contributed by atoms with Gasteiger partial charge < -0.3 is 29.0 Å². The largest absolute Gasteiger partial charge is 0.468 e. The van der Waals surface area contributed by atoms with E-state index in [-0.39, 0.29) is 16.8 Å². The minimum atomic E-state index is -2.41. The Balaban J connectivity index is 3.15. The third kappa shape index (κ3) is 5.59. The Labute approximate surface area is 215 Å². The lowest BCUT2D eigenvalue weighted by Gasteiger charge is -2.48. The molecule has 0 amide bonds. The van der Waals surface area contributed by atoms with E-state index >= 15 is 0 Å². The lowest BCUT2D eigenvalue weighted by Crippen LogP contribution is -2.67. The summed E-state index contributed by atoms with van der Waals surface area (Å²) in [6.07, 6.45) is -2.51. The van der Waals surface area contributed by atoms with E-state index in [1.807, 2.05) is 0 Å². The summed E-state index contributed by atoms with van der Waals surface area (Å²) in [5.74, 6) is -4.64. The molecular formula is C25H34N2O10. The summed E-state index contributed by atoms with van der Waals surface area (Å²) in [5, 5.41) is 15.1. The number of nitrogens with zero attached hydrogens (tertiary/aromatic N) is 1. The maximum atomic E-state index is 14.0. The van der Waals surface area contributed by atoms with Crippen LogP contribution in [0, 0.1) is 15.5 Å². The van der Waals surface area contributed by atoms with E-state index in [0.717, 1.165) is 7.11 Å². The van der Waals surface area contributed by atoms with Crippen molar-refractivity contribution in [2.24, 2.45) is 5.41 Å². The Kier molecular flexibility index (Phi) is 9.76. The molecule has 12 heteroatoms. The van der Waals surface area contributed by atoms with Gasteiger partial charge in [0.1, 0.15) is 6.04 Å². The number of methoxy groups -OCH3 is 3. The minimum absolute atomic E-state index is 0.0916. The molecule has 1 heterocycles. The molecule has 1 N–H and O–H groups in total. The topological polar surface area (TPSA) is 153 Å². The lowest BCUT2D eigenvalue weighted by molar-refractivity contribution is -0.385. The van der Waals surface area contributed by atoms with Crippen LogP contribution in [0.2, 0.25) is 0 Å². The first-order chi connectivity index (χ1) is 17.4. The number of allylic oxidation sites excluding steroid dienone is 1. The summed E-state index contributed by atoms with van der Waals surface area (Å²) in [6, 6.07) is 4.19. The molecule has 2 rings (SSSR count). The van der Waals surface area contributed by atoms with Gasteiger partial charge in [0.2, 0.25) is 5.41 Å². The summed E-state index contributed by atoms with van der Waals surface area (Å²) in [5.41, 5.74) is -2.89. The average Bonchev–Trinajstić information content (AvgIpc) is 2.82. The van der Waals surface area contributed by atoms with Gasteiger partial charge in [0.05, 0.1) is 35.7 Å². The number of hydrogen-bond acceptors (Lipinski definition) is 11. The quantitative estimate of drug-likeness (QED) is 0.120. The van der Waals surface area contributed by atoms with Crippen LogP contribution in [0.4, 0.5) is 5.69 Å². The molecule has 0 fully saturated rings. The number of nitro groups is 1. The molecule has 0 aromatic heterocycles. The molecule has 1 aromatic rings. The van der Waals surface area contributed by atoms with Crippen LogP contribution in [0.25, 0.3) is 0 Å². The van der Waals surface area contributed by atoms with Crippen molar-refractivity contribution in [1.82, 2.24) is 5.32 Å². The van der Waals surface area contributed by atoms with Gasteiger partial charge in [-0.1, -0.05) is 18.2 Å². The smallest absolute Gasteiger partial charge is 0.336 e. The molecule has 3 atom stereocenters. The predicted molar refractivity (Wildman–Crippen MR) is 130 cm³/mol. The average molecular weight is 523 g/mol. The number of nitrogens with one attached hydrogen (secondary N) is 1. The lowest BCUT2D eigenvalue weighted by atomic mass is 9.61. The molecule has 3 unspecified atom stereocenters. The van der Waals surface area contributed by atoms with Gasteiger partial charge in [-0.15, -0.1) is 0 Å². The van der Waals surface area contributed by atoms with Crippen LogP contribution >= 0.6 is 0 Å². The molecule has 1 aromatic carbocycles. The van der Waals surface area contributed by atoms with E-state index < -0.39 is 64.4 Å². The molecule has 0 radical (unpaired) electrons. The predicted octanol–water partition coefficient (Wildman–Crippen LogP) is 2.61. The molecule has 0 aliphatic carbocycles. The van der Waals surface area contributed by atoms with Gasteiger partial charge in [-0.3, -0.25) is 19.7 Å². The van der Waals surface area contributed by atoms with Gasteiger partial charge in [0.25, 0.3) is 5.69 Å². The van der Waals surface area contributed by atoms with E-state index in [1.165, 1.54) is 45.4 Å². The Bertz CT molecular complexity index is 1060. The van der Waals surface area contributed by atoms with Crippen molar-refractivity contribution in [2.45, 2.75) is 65.1 Å². The van der Waals surface area contributed by atoms with E-state index in [1.54, 1.807) is 27.7 Å². The SMILES string of the molecule is COC(=O)C1(C(=O)OC(C)C)C(c2ccccc2[N+](=O)[O-])C(C(=O)OC(C)C)=C(C)NC1C(OC)OC. The first-order valence-electron chi connectivity index (χ1n) is 11.6. The zero-order valence-electron chi connectivity index (χ0n) is 22.2. The fourth-order valence-electron chi connectivity index (χ4n) is 4.60. The van der Waals surface area contributed by atoms with Crippen molar-refractivity contribution >= 4 is 23.6 Å². The van der Waals surface area contributed by atoms with Gasteiger partial charge in [-0.2, -0.15) is 0 Å². The number of para-hydroxylation sites is 1. The minimum Gasteiger partial charge on any atom is -0.468 e. The highest BCUT2D eigenvalue weighted by Gasteiger charge is 2.68. The highest BCUT2D eigenvalue weighted by atomic mass is 16.7. The Morgan fingerprint density at radius 1 is 0.973 bits per heavy atom. The highest BCUT2D eigenvalue weighted by Crippen LogP contribution is 2.53. The fraction of sp³-hybridized carbons (Fsp3) is 0.560. The Morgan fingerprint density at radius 2 is 1.54 bits per heavy atom. The van der Waals surface area contributed by atoms with Gasteiger partial charge in [-0.05, 0) is 34.6 Å². The second kappa shape index (κ2) is 12.2. The number of carbonyl (C=O) groups is 3. The second-order valence-electron chi connectivity index (χ2n) is 9.02. The molecule has 0 saturated carbocycles. The summed E-state index contributed by atoms with van der Waals surface area (Å²) in [7, 11) is 3.66.